The maximum absolute atomic E-state index is 10.5. The quantitative estimate of drug-likeness (QED) is 0.593. The van der Waals surface area contributed by atoms with Gasteiger partial charge in [-0.2, -0.15) is 0 Å². The van der Waals surface area contributed by atoms with Crippen LogP contribution in [0.25, 0.3) is 0 Å². The first-order chi connectivity index (χ1) is 4.92. The van der Waals surface area contributed by atoms with E-state index in [-0.39, 0.29) is 12.4 Å². The van der Waals surface area contributed by atoms with Crippen molar-refractivity contribution in [1.29, 1.82) is 0 Å². The highest BCUT2D eigenvalue weighted by Gasteiger charge is 2.01. The van der Waals surface area contributed by atoms with Crippen molar-refractivity contribution in [3.05, 3.63) is 0 Å². The van der Waals surface area contributed by atoms with E-state index in [2.05, 4.69) is 10.5 Å². The monoisotopic (exact) mass is 181 g/mol. The first-order valence-electron chi connectivity index (χ1n) is 3.02. The van der Waals surface area contributed by atoms with Crippen LogP contribution in [0.15, 0.2) is 0 Å². The Morgan fingerprint density at radius 1 is 1.55 bits per heavy atom. The van der Waals surface area contributed by atoms with Gasteiger partial charge in [-0.1, -0.05) is 0 Å². The minimum atomic E-state index is -2.95. The molecule has 0 aromatic carbocycles. The molecule has 2 N–H and O–H groups in total. The number of rotatable bonds is 4. The molecule has 0 atom stereocenters. The molecule has 0 aliphatic carbocycles. The zero-order valence-electron chi connectivity index (χ0n) is 6.24. The van der Waals surface area contributed by atoms with Gasteiger partial charge in [-0.05, 0) is 6.42 Å². The molecule has 0 bridgehead atoms. The van der Waals surface area contributed by atoms with Crippen molar-refractivity contribution in [2.75, 3.05) is 18.6 Å². The first-order valence-corrected chi connectivity index (χ1v) is 5.08. The van der Waals surface area contributed by atoms with E-state index in [0.717, 1.165) is 6.26 Å². The third-order valence-corrected chi connectivity index (χ3v) is 1.93. The highest BCUT2D eigenvalue weighted by molar-refractivity contribution is 7.90. The molecule has 0 rings (SSSR count). The summed E-state index contributed by atoms with van der Waals surface area (Å²) in [4.78, 5) is 9.97. The Balaban J connectivity index is 3.37. The summed E-state index contributed by atoms with van der Waals surface area (Å²) in [7, 11) is -2.95. The second-order valence-corrected chi connectivity index (χ2v) is 4.41. The molecule has 0 fully saturated rings. The third-order valence-electron chi connectivity index (χ3n) is 0.904. The molecule has 0 saturated carbocycles. The second kappa shape index (κ2) is 4.17. The normalized spacial score (nSPS) is 11.0. The molecule has 6 heteroatoms. The molecule has 1 amide bonds. The Bertz CT molecular complexity index is 221. The first kappa shape index (κ1) is 10.2. The molecule has 0 aromatic rings. The Labute approximate surface area is 65.4 Å². The molecule has 0 radical (unpaired) electrons. The Morgan fingerprint density at radius 2 is 2.09 bits per heavy atom. The molecule has 0 aliphatic rings. The van der Waals surface area contributed by atoms with Crippen molar-refractivity contribution in [3.63, 3.8) is 0 Å². The molecule has 0 aromatic heterocycles. The van der Waals surface area contributed by atoms with E-state index in [4.69, 9.17) is 0 Å². The Hall–Kier alpha value is -0.780. The van der Waals surface area contributed by atoms with E-state index >= 15 is 0 Å². The fourth-order valence-corrected chi connectivity index (χ4v) is 1.14. The summed E-state index contributed by atoms with van der Waals surface area (Å²) < 4.78 is 25.3. The summed E-state index contributed by atoms with van der Waals surface area (Å²) in [6, 6.07) is 0. The second-order valence-electron chi connectivity index (χ2n) is 2.15. The van der Waals surface area contributed by atoms with Crippen LogP contribution in [-0.4, -0.2) is 33.1 Å². The zero-order chi connectivity index (χ0) is 8.91. The lowest BCUT2D eigenvalue weighted by Crippen LogP contribution is -2.15. The number of sulfone groups is 1. The summed E-state index contributed by atoms with van der Waals surface area (Å²) in [5.74, 6) is 0.0142. The number of primary amides is 1. The number of hydrogen-bond acceptors (Lipinski definition) is 4. The van der Waals surface area contributed by atoms with Gasteiger partial charge in [0.25, 0.3) is 0 Å². The third kappa shape index (κ3) is 9.22. The van der Waals surface area contributed by atoms with Gasteiger partial charge in [0.05, 0.1) is 12.4 Å². The van der Waals surface area contributed by atoms with Crippen LogP contribution in [0, 0.1) is 0 Å². The van der Waals surface area contributed by atoms with Gasteiger partial charge in [-0.15, -0.1) is 0 Å². The van der Waals surface area contributed by atoms with Gasteiger partial charge >= 0.3 is 6.09 Å². The van der Waals surface area contributed by atoms with Gasteiger partial charge in [0.2, 0.25) is 0 Å². The number of carbonyl (C=O) groups is 1. The summed E-state index contributed by atoms with van der Waals surface area (Å²) >= 11 is 0. The van der Waals surface area contributed by atoms with Gasteiger partial charge in [0.1, 0.15) is 9.84 Å². The van der Waals surface area contributed by atoms with Gasteiger partial charge in [-0.3, -0.25) is 0 Å². The van der Waals surface area contributed by atoms with Crippen LogP contribution in [-0.2, 0) is 14.6 Å². The highest BCUT2D eigenvalue weighted by atomic mass is 32.2. The predicted molar refractivity (Wildman–Crippen MR) is 39.9 cm³/mol. The van der Waals surface area contributed by atoms with Crippen LogP contribution in [0.2, 0.25) is 0 Å². The molecule has 0 unspecified atom stereocenters. The molecular weight excluding hydrogens is 170 g/mol. The van der Waals surface area contributed by atoms with Crippen molar-refractivity contribution in [1.82, 2.24) is 0 Å². The van der Waals surface area contributed by atoms with Gasteiger partial charge in [-0.25, -0.2) is 13.2 Å². The fraction of sp³-hybridized carbons (Fsp3) is 0.800. The minimum Gasteiger partial charge on any atom is -0.450 e. The van der Waals surface area contributed by atoms with Crippen LogP contribution >= 0.6 is 0 Å². The van der Waals surface area contributed by atoms with Crippen LogP contribution in [0.1, 0.15) is 6.42 Å². The summed E-state index contributed by atoms with van der Waals surface area (Å²) in [6.45, 7) is 0.0579. The lowest BCUT2D eigenvalue weighted by molar-refractivity contribution is 0.157. The molecular formula is C5H11NO4S. The van der Waals surface area contributed by atoms with Crippen LogP contribution in [0.5, 0.6) is 0 Å². The maximum Gasteiger partial charge on any atom is 0.404 e. The van der Waals surface area contributed by atoms with Crippen LogP contribution in [0.4, 0.5) is 4.79 Å². The molecule has 0 aliphatic heterocycles. The molecule has 0 saturated heterocycles. The average molecular weight is 181 g/mol. The highest BCUT2D eigenvalue weighted by Crippen LogP contribution is 1.89. The summed E-state index contributed by atoms with van der Waals surface area (Å²) in [5, 5.41) is 0. The number of nitrogens with two attached hydrogens (primary N) is 1. The Morgan fingerprint density at radius 3 is 2.45 bits per heavy atom. The van der Waals surface area contributed by atoms with E-state index in [1.165, 1.54) is 0 Å². The van der Waals surface area contributed by atoms with Gasteiger partial charge < -0.3 is 10.5 Å². The van der Waals surface area contributed by atoms with E-state index in [1.807, 2.05) is 0 Å². The minimum absolute atomic E-state index is 0.0142. The molecule has 66 valence electrons. The van der Waals surface area contributed by atoms with Gasteiger partial charge in [0, 0.05) is 6.26 Å². The predicted octanol–water partition coefficient (Wildman–Crippen LogP) is -0.484. The zero-order valence-corrected chi connectivity index (χ0v) is 7.06. The van der Waals surface area contributed by atoms with Gasteiger partial charge in [0.15, 0.2) is 0 Å². The largest absolute Gasteiger partial charge is 0.450 e. The molecule has 0 spiro atoms. The van der Waals surface area contributed by atoms with Crippen molar-refractivity contribution in [2.45, 2.75) is 6.42 Å². The summed E-state index contributed by atoms with van der Waals surface area (Å²) in [6.07, 6.45) is 0.539. The van der Waals surface area contributed by atoms with Crippen LogP contribution < -0.4 is 5.73 Å². The Kier molecular flexibility index (Phi) is 3.88. The SMILES string of the molecule is CS(=O)(=O)CCCOC(N)=O. The van der Waals surface area contributed by atoms with Crippen molar-refractivity contribution in [2.24, 2.45) is 5.73 Å². The standard InChI is InChI=1S/C5H11NO4S/c1-11(8,9)4-2-3-10-5(6)7/h2-4H2,1H3,(H2,6,7). The number of carbonyl (C=O) groups excluding carboxylic acids is 1. The number of amides is 1. The molecule has 0 heterocycles. The lowest BCUT2D eigenvalue weighted by atomic mass is 10.5. The van der Waals surface area contributed by atoms with E-state index in [0.29, 0.717) is 6.42 Å². The van der Waals surface area contributed by atoms with Crippen LogP contribution in [0.3, 0.4) is 0 Å². The van der Waals surface area contributed by atoms with E-state index in [1.54, 1.807) is 0 Å². The number of hydrogen-bond donors (Lipinski definition) is 1. The topological polar surface area (TPSA) is 86.5 Å². The lowest BCUT2D eigenvalue weighted by Gasteiger charge is -1.98. The molecule has 11 heavy (non-hydrogen) atoms. The van der Waals surface area contributed by atoms with Crippen molar-refractivity contribution >= 4 is 15.9 Å². The average Bonchev–Trinajstić information content (AvgIpc) is 1.78. The smallest absolute Gasteiger partial charge is 0.404 e. The van der Waals surface area contributed by atoms with E-state index in [9.17, 15) is 13.2 Å². The van der Waals surface area contributed by atoms with Crippen molar-refractivity contribution in [3.8, 4) is 0 Å². The van der Waals surface area contributed by atoms with Crippen molar-refractivity contribution < 1.29 is 17.9 Å². The fourth-order valence-electron chi connectivity index (χ4n) is 0.494. The maximum atomic E-state index is 10.5. The van der Waals surface area contributed by atoms with E-state index < -0.39 is 15.9 Å². The molecule has 5 nitrogen and oxygen atoms in total. The number of ether oxygens (including phenoxy) is 1. The summed E-state index contributed by atoms with van der Waals surface area (Å²) in [5.41, 5.74) is 4.63.